The maximum atomic E-state index is 12.3. The van der Waals surface area contributed by atoms with E-state index in [1.54, 1.807) is 6.07 Å². The van der Waals surface area contributed by atoms with Crippen LogP contribution in [0.25, 0.3) is 6.08 Å². The number of non-ortho nitro benzene ring substituents is 1. The molecule has 1 aromatic rings. The summed E-state index contributed by atoms with van der Waals surface area (Å²) in [6, 6.07) is 5.99. The van der Waals surface area contributed by atoms with Gasteiger partial charge in [-0.05, 0) is 36.8 Å². The number of nitro groups is 1. The van der Waals surface area contributed by atoms with Crippen LogP contribution in [-0.2, 0) is 14.3 Å². The van der Waals surface area contributed by atoms with E-state index in [1.165, 1.54) is 37.6 Å². The second kappa shape index (κ2) is 9.30. The number of carbonyl (C=O) groups is 2. The number of hydrogen-bond donors (Lipinski definition) is 1. The molecule has 1 aromatic carbocycles. The number of ether oxygens (including phenoxy) is 1. The van der Waals surface area contributed by atoms with Crippen molar-refractivity contribution in [2.45, 2.75) is 52.2 Å². The maximum Gasteiger partial charge on any atom is 0.331 e. The summed E-state index contributed by atoms with van der Waals surface area (Å²) in [4.78, 5) is 34.5. The molecule has 0 radical (unpaired) electrons. The van der Waals surface area contributed by atoms with Gasteiger partial charge in [-0.1, -0.05) is 38.8 Å². The number of carbonyl (C=O) groups excluding carboxylic acids is 2. The van der Waals surface area contributed by atoms with Crippen molar-refractivity contribution in [3.63, 3.8) is 0 Å². The van der Waals surface area contributed by atoms with Crippen molar-refractivity contribution >= 4 is 23.6 Å². The van der Waals surface area contributed by atoms with Gasteiger partial charge in [0.25, 0.3) is 11.6 Å². The summed E-state index contributed by atoms with van der Waals surface area (Å²) < 4.78 is 5.14. The predicted octanol–water partition coefficient (Wildman–Crippen LogP) is 3.48. The van der Waals surface area contributed by atoms with Gasteiger partial charge >= 0.3 is 5.97 Å². The number of hydrogen-bond acceptors (Lipinski definition) is 5. The summed E-state index contributed by atoms with van der Waals surface area (Å²) in [5, 5.41) is 13.7. The average Bonchev–Trinajstić information content (AvgIpc) is 2.64. The lowest BCUT2D eigenvalue weighted by Crippen LogP contribution is -2.47. The van der Waals surface area contributed by atoms with Gasteiger partial charge in [-0.2, -0.15) is 0 Å². The van der Waals surface area contributed by atoms with Crippen LogP contribution in [0.5, 0.6) is 0 Å². The Bertz CT molecular complexity index is 731. The largest absolute Gasteiger partial charge is 0.449 e. The molecule has 4 atom stereocenters. The monoisotopic (exact) mass is 374 g/mol. The zero-order valence-electron chi connectivity index (χ0n) is 15.9. The summed E-state index contributed by atoms with van der Waals surface area (Å²) in [6.07, 6.45) is 4.86. The number of rotatable bonds is 6. The number of nitrogens with zero attached hydrogens (tertiary/aromatic N) is 1. The van der Waals surface area contributed by atoms with Crippen LogP contribution in [-0.4, -0.2) is 28.9 Å². The van der Waals surface area contributed by atoms with Gasteiger partial charge in [-0.3, -0.25) is 14.9 Å². The standard InChI is InChI=1S/C20H26N2O5/c1-13-6-4-9-18(14(13)2)21-20(24)15(3)27-19(23)11-10-16-7-5-8-17(12-16)22(25)26/h5,7-8,10-15,18H,4,6,9H2,1-3H3,(H,21,24)/b11-10+/t13-,14-,15-,18-/m1/s1. The highest BCUT2D eigenvalue weighted by atomic mass is 16.6. The minimum absolute atomic E-state index is 0.0610. The third-order valence-electron chi connectivity index (χ3n) is 5.19. The second-order valence-corrected chi connectivity index (χ2v) is 7.15. The molecular formula is C20H26N2O5. The Morgan fingerprint density at radius 3 is 2.78 bits per heavy atom. The first-order chi connectivity index (χ1) is 12.8. The molecule has 2 rings (SSSR count). The van der Waals surface area contributed by atoms with Gasteiger partial charge in [-0.25, -0.2) is 4.79 Å². The SMILES string of the molecule is C[C@@H]1[C@H](C)CCC[C@H]1NC(=O)[C@@H](C)OC(=O)/C=C/c1cccc([N+](=O)[O-])c1. The Morgan fingerprint density at radius 2 is 2.07 bits per heavy atom. The van der Waals surface area contributed by atoms with Gasteiger partial charge in [-0.15, -0.1) is 0 Å². The molecule has 1 saturated carbocycles. The zero-order valence-corrected chi connectivity index (χ0v) is 15.9. The van der Waals surface area contributed by atoms with E-state index in [2.05, 4.69) is 19.2 Å². The quantitative estimate of drug-likeness (QED) is 0.356. The predicted molar refractivity (Wildman–Crippen MR) is 102 cm³/mol. The molecule has 1 N–H and O–H groups in total. The van der Waals surface area contributed by atoms with Crippen LogP contribution in [0.2, 0.25) is 0 Å². The van der Waals surface area contributed by atoms with Crippen LogP contribution in [0.1, 0.15) is 45.6 Å². The summed E-state index contributed by atoms with van der Waals surface area (Å²) in [5.41, 5.74) is 0.442. The van der Waals surface area contributed by atoms with E-state index in [1.807, 2.05) is 0 Å². The molecule has 7 heteroatoms. The van der Waals surface area contributed by atoms with E-state index >= 15 is 0 Å². The highest BCUT2D eigenvalue weighted by Crippen LogP contribution is 2.29. The molecule has 0 spiro atoms. The van der Waals surface area contributed by atoms with Gasteiger partial charge in [0.2, 0.25) is 0 Å². The minimum atomic E-state index is -0.906. The molecule has 0 heterocycles. The van der Waals surface area contributed by atoms with Crippen LogP contribution in [0.3, 0.4) is 0 Å². The van der Waals surface area contributed by atoms with E-state index in [-0.39, 0.29) is 17.6 Å². The molecular weight excluding hydrogens is 348 g/mol. The lowest BCUT2D eigenvalue weighted by Gasteiger charge is -2.35. The summed E-state index contributed by atoms with van der Waals surface area (Å²) in [5.74, 6) is -0.0357. The van der Waals surface area contributed by atoms with Crippen molar-refractivity contribution in [1.82, 2.24) is 5.32 Å². The van der Waals surface area contributed by atoms with Gasteiger partial charge < -0.3 is 10.1 Å². The Morgan fingerprint density at radius 1 is 1.33 bits per heavy atom. The first-order valence-corrected chi connectivity index (χ1v) is 9.21. The van der Waals surface area contributed by atoms with Crippen molar-refractivity contribution in [3.8, 4) is 0 Å². The van der Waals surface area contributed by atoms with E-state index in [9.17, 15) is 19.7 Å². The van der Waals surface area contributed by atoms with Gasteiger partial charge in [0.05, 0.1) is 4.92 Å². The highest BCUT2D eigenvalue weighted by molar-refractivity contribution is 5.90. The third kappa shape index (κ3) is 5.91. The smallest absolute Gasteiger partial charge is 0.331 e. The van der Waals surface area contributed by atoms with Crippen molar-refractivity contribution in [3.05, 3.63) is 46.0 Å². The fourth-order valence-electron chi connectivity index (χ4n) is 3.26. The van der Waals surface area contributed by atoms with Crippen molar-refractivity contribution in [2.24, 2.45) is 11.8 Å². The van der Waals surface area contributed by atoms with Crippen molar-refractivity contribution < 1.29 is 19.2 Å². The van der Waals surface area contributed by atoms with Crippen LogP contribution < -0.4 is 5.32 Å². The number of amides is 1. The molecule has 1 amide bonds. The first kappa shape index (κ1) is 20.6. The van der Waals surface area contributed by atoms with Crippen LogP contribution in [0, 0.1) is 22.0 Å². The molecule has 0 saturated heterocycles. The van der Waals surface area contributed by atoms with Crippen molar-refractivity contribution in [1.29, 1.82) is 0 Å². The second-order valence-electron chi connectivity index (χ2n) is 7.15. The summed E-state index contributed by atoms with van der Waals surface area (Å²) in [7, 11) is 0. The molecule has 0 bridgehead atoms. The molecule has 0 aromatic heterocycles. The van der Waals surface area contributed by atoms with Gasteiger partial charge in [0.15, 0.2) is 6.10 Å². The topological polar surface area (TPSA) is 98.5 Å². The zero-order chi connectivity index (χ0) is 20.0. The van der Waals surface area contributed by atoms with Crippen LogP contribution in [0.4, 0.5) is 5.69 Å². The minimum Gasteiger partial charge on any atom is -0.449 e. The highest BCUT2D eigenvalue weighted by Gasteiger charge is 2.29. The molecule has 27 heavy (non-hydrogen) atoms. The summed E-state index contributed by atoms with van der Waals surface area (Å²) in [6.45, 7) is 5.85. The molecule has 0 unspecified atom stereocenters. The molecule has 146 valence electrons. The Hall–Kier alpha value is -2.70. The first-order valence-electron chi connectivity index (χ1n) is 9.21. The lowest BCUT2D eigenvalue weighted by molar-refractivity contribution is -0.384. The van der Waals surface area contributed by atoms with E-state index in [0.717, 1.165) is 18.9 Å². The Kier molecular flexibility index (Phi) is 7.10. The lowest BCUT2D eigenvalue weighted by atomic mass is 9.78. The van der Waals surface area contributed by atoms with E-state index in [0.29, 0.717) is 17.4 Å². The normalized spacial score (nSPS) is 23.6. The van der Waals surface area contributed by atoms with E-state index in [4.69, 9.17) is 4.74 Å². The molecule has 7 nitrogen and oxygen atoms in total. The van der Waals surface area contributed by atoms with Crippen LogP contribution >= 0.6 is 0 Å². The third-order valence-corrected chi connectivity index (χ3v) is 5.19. The number of esters is 1. The Balaban J connectivity index is 1.88. The van der Waals surface area contributed by atoms with Gasteiger partial charge in [0, 0.05) is 24.3 Å². The molecule has 1 fully saturated rings. The molecule has 0 aliphatic heterocycles. The van der Waals surface area contributed by atoms with E-state index < -0.39 is 17.0 Å². The number of benzene rings is 1. The number of nitrogens with one attached hydrogen (secondary N) is 1. The number of nitro benzene ring substituents is 1. The molecule has 1 aliphatic carbocycles. The maximum absolute atomic E-state index is 12.3. The van der Waals surface area contributed by atoms with Gasteiger partial charge in [0.1, 0.15) is 0 Å². The molecule has 1 aliphatic rings. The van der Waals surface area contributed by atoms with Crippen molar-refractivity contribution in [2.75, 3.05) is 0 Å². The summed E-state index contributed by atoms with van der Waals surface area (Å²) >= 11 is 0. The Labute approximate surface area is 158 Å². The fourth-order valence-corrected chi connectivity index (χ4v) is 3.26. The average molecular weight is 374 g/mol. The fraction of sp³-hybridized carbons (Fsp3) is 0.500. The van der Waals surface area contributed by atoms with Crippen LogP contribution in [0.15, 0.2) is 30.3 Å².